The molecule has 1 aliphatic rings. The van der Waals surface area contributed by atoms with Crippen LogP contribution in [-0.4, -0.2) is 45.6 Å². The summed E-state index contributed by atoms with van der Waals surface area (Å²) >= 11 is 1.34. The van der Waals surface area contributed by atoms with Crippen molar-refractivity contribution in [1.29, 1.82) is 0 Å². The number of carbonyl (C=O) groups is 3. The minimum Gasteiger partial charge on any atom is -0.354 e. The van der Waals surface area contributed by atoms with Gasteiger partial charge in [0, 0.05) is 19.0 Å². The van der Waals surface area contributed by atoms with Gasteiger partial charge in [0.1, 0.15) is 16.4 Å². The van der Waals surface area contributed by atoms with Crippen molar-refractivity contribution in [1.82, 2.24) is 25.7 Å². The molecule has 0 aromatic carbocycles. The molecule has 0 aliphatic heterocycles. The zero-order valence-corrected chi connectivity index (χ0v) is 19.8. The lowest BCUT2D eigenvalue weighted by molar-refractivity contribution is -0.133. The molecule has 2 heterocycles. The predicted octanol–water partition coefficient (Wildman–Crippen LogP) is 2.65. The summed E-state index contributed by atoms with van der Waals surface area (Å²) in [6.07, 6.45) is 5.99. The number of nitrogens with one attached hydrogen (secondary N) is 3. The van der Waals surface area contributed by atoms with Crippen LogP contribution in [0.2, 0.25) is 0 Å². The number of aryl methyl sites for hydroxylation is 2. The summed E-state index contributed by atoms with van der Waals surface area (Å²) in [4.78, 5) is 39.3. The van der Waals surface area contributed by atoms with Crippen molar-refractivity contribution < 1.29 is 14.4 Å². The highest BCUT2D eigenvalue weighted by Gasteiger charge is 2.32. The van der Waals surface area contributed by atoms with Crippen LogP contribution in [0.4, 0.5) is 0 Å². The quantitative estimate of drug-likeness (QED) is 0.607. The van der Waals surface area contributed by atoms with Crippen molar-refractivity contribution in [2.24, 2.45) is 13.0 Å². The normalized spacial score (nSPS) is 16.2. The summed E-state index contributed by atoms with van der Waals surface area (Å²) in [6.45, 7) is 7.51. The summed E-state index contributed by atoms with van der Waals surface area (Å²) in [5.41, 5.74) is -0.204. The summed E-state index contributed by atoms with van der Waals surface area (Å²) in [7, 11) is 1.84. The van der Waals surface area contributed by atoms with E-state index in [1.54, 1.807) is 31.5 Å². The lowest BCUT2D eigenvalue weighted by Crippen LogP contribution is -2.59. The molecule has 0 saturated heterocycles. The highest BCUT2D eigenvalue weighted by Crippen LogP contribution is 2.27. The summed E-state index contributed by atoms with van der Waals surface area (Å²) in [5.74, 6) is -0.409. The maximum atomic E-state index is 12.6. The van der Waals surface area contributed by atoms with Crippen LogP contribution in [0.1, 0.15) is 68.2 Å². The molecule has 2 aromatic heterocycles. The van der Waals surface area contributed by atoms with Gasteiger partial charge in [-0.3, -0.25) is 19.1 Å². The van der Waals surface area contributed by atoms with E-state index in [1.807, 2.05) is 14.0 Å². The third kappa shape index (κ3) is 5.44. The van der Waals surface area contributed by atoms with Gasteiger partial charge in [-0.05, 0) is 52.5 Å². The fourth-order valence-corrected chi connectivity index (χ4v) is 5.00. The maximum Gasteiger partial charge on any atom is 0.262 e. The van der Waals surface area contributed by atoms with Crippen LogP contribution in [-0.2, 0) is 16.6 Å². The van der Waals surface area contributed by atoms with Gasteiger partial charge in [0.05, 0.1) is 10.6 Å². The third-order valence-corrected chi connectivity index (χ3v) is 7.14. The van der Waals surface area contributed by atoms with Crippen LogP contribution in [0.5, 0.6) is 0 Å². The largest absolute Gasteiger partial charge is 0.354 e. The van der Waals surface area contributed by atoms with Crippen molar-refractivity contribution in [2.75, 3.05) is 6.54 Å². The second-order valence-electron chi connectivity index (χ2n) is 9.06. The van der Waals surface area contributed by atoms with E-state index in [4.69, 9.17) is 0 Å². The predicted molar refractivity (Wildman–Crippen MR) is 122 cm³/mol. The third-order valence-electron chi connectivity index (χ3n) is 5.94. The molecule has 0 bridgehead atoms. The molecule has 1 fully saturated rings. The highest BCUT2D eigenvalue weighted by molar-refractivity contribution is 7.20. The molecule has 31 heavy (non-hydrogen) atoms. The zero-order chi connectivity index (χ0) is 22.8. The molecule has 1 atom stereocenters. The fourth-order valence-electron chi connectivity index (χ4n) is 3.97. The Morgan fingerprint density at radius 2 is 1.94 bits per heavy atom. The average molecular weight is 448 g/mol. The van der Waals surface area contributed by atoms with Crippen LogP contribution < -0.4 is 16.0 Å². The van der Waals surface area contributed by atoms with Crippen molar-refractivity contribution in [3.8, 4) is 0 Å². The van der Waals surface area contributed by atoms with E-state index < -0.39 is 17.5 Å². The maximum absolute atomic E-state index is 12.6. The van der Waals surface area contributed by atoms with E-state index in [-0.39, 0.29) is 11.8 Å². The van der Waals surface area contributed by atoms with Gasteiger partial charge in [0.25, 0.3) is 5.91 Å². The first-order valence-corrected chi connectivity index (χ1v) is 11.7. The van der Waals surface area contributed by atoms with Crippen LogP contribution >= 0.6 is 11.3 Å². The number of fused-ring (bicyclic) bond motifs is 1. The Kier molecular flexibility index (Phi) is 7.03. The molecule has 2 aromatic rings. The van der Waals surface area contributed by atoms with E-state index in [1.165, 1.54) is 30.6 Å². The molecule has 9 heteroatoms. The summed E-state index contributed by atoms with van der Waals surface area (Å²) < 4.78 is 1.75. The Hall–Kier alpha value is -2.42. The topological polar surface area (TPSA) is 105 Å². The molecular weight excluding hydrogens is 414 g/mol. The fraction of sp³-hybridized carbons (Fsp3) is 0.636. The number of amides is 3. The van der Waals surface area contributed by atoms with Crippen molar-refractivity contribution in [3.63, 3.8) is 0 Å². The lowest BCUT2D eigenvalue weighted by Gasteiger charge is -2.29. The molecule has 3 N–H and O–H groups in total. The molecule has 8 nitrogen and oxygen atoms in total. The van der Waals surface area contributed by atoms with Crippen molar-refractivity contribution in [2.45, 2.75) is 71.4 Å². The first-order chi connectivity index (χ1) is 14.6. The van der Waals surface area contributed by atoms with E-state index in [0.29, 0.717) is 17.3 Å². The Labute approximate surface area is 187 Å². The van der Waals surface area contributed by atoms with Crippen LogP contribution in [0.25, 0.3) is 10.2 Å². The van der Waals surface area contributed by atoms with E-state index in [9.17, 15) is 14.4 Å². The second kappa shape index (κ2) is 9.38. The molecule has 3 amide bonds. The Bertz CT molecular complexity index is 937. The number of thiophene rings is 1. The van der Waals surface area contributed by atoms with Crippen LogP contribution in [0.15, 0.2) is 6.07 Å². The summed E-state index contributed by atoms with van der Waals surface area (Å²) in [6, 6.07) is 1.02. The van der Waals surface area contributed by atoms with Crippen molar-refractivity contribution in [3.05, 3.63) is 16.6 Å². The SMILES string of the molecule is Cc1nn(C)c2sc(C(=O)NC(C)C(=O)NC(C)(C)C(=O)NCC3CCCCC3)cc12. The highest BCUT2D eigenvalue weighted by atomic mass is 32.1. The second-order valence-corrected chi connectivity index (χ2v) is 10.1. The van der Waals surface area contributed by atoms with E-state index in [2.05, 4.69) is 21.0 Å². The van der Waals surface area contributed by atoms with E-state index >= 15 is 0 Å². The number of rotatable bonds is 7. The molecule has 170 valence electrons. The van der Waals surface area contributed by atoms with E-state index in [0.717, 1.165) is 28.8 Å². The Morgan fingerprint density at radius 1 is 1.26 bits per heavy atom. The Morgan fingerprint density at radius 3 is 2.58 bits per heavy atom. The van der Waals surface area contributed by atoms with Gasteiger partial charge in [0.2, 0.25) is 11.8 Å². The van der Waals surface area contributed by atoms with Crippen LogP contribution in [0, 0.1) is 12.8 Å². The molecule has 1 unspecified atom stereocenters. The van der Waals surface area contributed by atoms with Gasteiger partial charge in [-0.15, -0.1) is 11.3 Å². The first-order valence-electron chi connectivity index (χ1n) is 10.9. The summed E-state index contributed by atoms with van der Waals surface area (Å²) in [5, 5.41) is 13.7. The number of carbonyl (C=O) groups excluding carboxylic acids is 3. The molecule has 1 saturated carbocycles. The molecule has 0 radical (unpaired) electrons. The van der Waals surface area contributed by atoms with Gasteiger partial charge >= 0.3 is 0 Å². The average Bonchev–Trinajstić information content (AvgIpc) is 3.28. The van der Waals surface area contributed by atoms with Gasteiger partial charge in [-0.25, -0.2) is 0 Å². The van der Waals surface area contributed by atoms with Crippen LogP contribution in [0.3, 0.4) is 0 Å². The standard InChI is InChI=1S/C22H33N5O3S/c1-13-16-11-17(31-20(16)27(5)26-13)19(29)24-14(2)18(28)25-22(3,4)21(30)23-12-15-9-7-6-8-10-15/h11,14-15H,6-10,12H2,1-5H3,(H,23,30)(H,24,29)(H,25,28). The Balaban J connectivity index is 1.53. The smallest absolute Gasteiger partial charge is 0.262 e. The number of aromatic nitrogens is 2. The van der Waals surface area contributed by atoms with Gasteiger partial charge < -0.3 is 16.0 Å². The minimum absolute atomic E-state index is 0.211. The zero-order valence-electron chi connectivity index (χ0n) is 19.0. The number of hydrogen-bond acceptors (Lipinski definition) is 5. The monoisotopic (exact) mass is 447 g/mol. The molecular formula is C22H33N5O3S. The molecule has 0 spiro atoms. The van der Waals surface area contributed by atoms with Gasteiger partial charge in [0.15, 0.2) is 0 Å². The number of nitrogens with zero attached hydrogens (tertiary/aromatic N) is 2. The lowest BCUT2D eigenvalue weighted by atomic mass is 9.89. The number of hydrogen-bond donors (Lipinski definition) is 3. The van der Waals surface area contributed by atoms with Gasteiger partial charge in [-0.1, -0.05) is 19.3 Å². The minimum atomic E-state index is -1.06. The first kappa shape index (κ1) is 23.2. The van der Waals surface area contributed by atoms with Gasteiger partial charge in [-0.2, -0.15) is 5.10 Å². The molecule has 3 rings (SSSR count). The molecule has 1 aliphatic carbocycles. The van der Waals surface area contributed by atoms with Crippen molar-refractivity contribution >= 4 is 39.3 Å².